The summed E-state index contributed by atoms with van der Waals surface area (Å²) in [5, 5.41) is 11.0. The Kier molecular flexibility index (Phi) is 5.88. The molecular weight excluding hydrogens is 444 g/mol. The SMILES string of the molecule is COc1ccc(-c2nc3n(n2)C(c2ccccn2)C(C(=O)Nc2ccccc2)=C(C)N3)cc1OC. The number of aromatic nitrogens is 4. The highest BCUT2D eigenvalue weighted by atomic mass is 16.5. The van der Waals surface area contributed by atoms with Gasteiger partial charge in [0.1, 0.15) is 6.04 Å². The standard InChI is InChI=1S/C26H24N6O3/c1-16-22(25(33)29-18-9-5-4-6-10-18)23(19-11-7-8-14-27-19)32-26(28-16)30-24(31-32)17-12-13-20(34-2)21(15-17)35-3/h4-15,23H,1-3H3,(H,29,33)(H,28,30,31). The first kappa shape index (κ1) is 22.1. The molecule has 1 aliphatic heterocycles. The number of carbonyl (C=O) groups excluding carboxylic acids is 1. The number of allylic oxidation sites excluding steroid dienone is 1. The minimum Gasteiger partial charge on any atom is -0.493 e. The highest BCUT2D eigenvalue weighted by Gasteiger charge is 2.35. The van der Waals surface area contributed by atoms with Crippen LogP contribution in [0.3, 0.4) is 0 Å². The number of nitrogens with zero attached hydrogens (tertiary/aromatic N) is 4. The summed E-state index contributed by atoms with van der Waals surface area (Å²) in [4.78, 5) is 22.7. The zero-order chi connectivity index (χ0) is 24.4. The number of benzene rings is 2. The Morgan fingerprint density at radius 3 is 2.49 bits per heavy atom. The third kappa shape index (κ3) is 4.19. The van der Waals surface area contributed by atoms with Crippen molar-refractivity contribution in [3.63, 3.8) is 0 Å². The summed E-state index contributed by atoms with van der Waals surface area (Å²) < 4.78 is 12.5. The number of pyridine rings is 1. The maximum Gasteiger partial charge on any atom is 0.255 e. The van der Waals surface area contributed by atoms with Crippen LogP contribution in [0.1, 0.15) is 18.7 Å². The van der Waals surface area contributed by atoms with Crippen LogP contribution < -0.4 is 20.1 Å². The van der Waals surface area contributed by atoms with Crippen molar-refractivity contribution in [3.8, 4) is 22.9 Å². The molecule has 9 nitrogen and oxygen atoms in total. The predicted octanol–water partition coefficient (Wildman–Crippen LogP) is 4.28. The summed E-state index contributed by atoms with van der Waals surface area (Å²) in [7, 11) is 3.17. The van der Waals surface area contributed by atoms with E-state index >= 15 is 0 Å². The number of hydrogen-bond acceptors (Lipinski definition) is 7. The van der Waals surface area contributed by atoms with Gasteiger partial charge in [0.25, 0.3) is 5.91 Å². The second-order valence-corrected chi connectivity index (χ2v) is 7.91. The van der Waals surface area contributed by atoms with Crippen LogP contribution in [0.15, 0.2) is 84.2 Å². The summed E-state index contributed by atoms with van der Waals surface area (Å²) >= 11 is 0. The number of nitrogens with one attached hydrogen (secondary N) is 2. The maximum absolute atomic E-state index is 13.5. The van der Waals surface area contributed by atoms with Gasteiger partial charge in [0.05, 0.1) is 25.5 Å². The molecule has 176 valence electrons. The van der Waals surface area contributed by atoms with Gasteiger partial charge >= 0.3 is 0 Å². The van der Waals surface area contributed by atoms with E-state index in [4.69, 9.17) is 19.6 Å². The molecule has 0 bridgehead atoms. The van der Waals surface area contributed by atoms with Gasteiger partial charge in [0, 0.05) is 23.1 Å². The first-order chi connectivity index (χ1) is 17.1. The topological polar surface area (TPSA) is 103 Å². The van der Waals surface area contributed by atoms with Crippen molar-refractivity contribution in [2.24, 2.45) is 0 Å². The van der Waals surface area contributed by atoms with E-state index in [1.54, 1.807) is 31.2 Å². The second-order valence-electron chi connectivity index (χ2n) is 7.91. The van der Waals surface area contributed by atoms with E-state index < -0.39 is 6.04 Å². The van der Waals surface area contributed by atoms with E-state index in [9.17, 15) is 4.79 Å². The number of carbonyl (C=O) groups is 1. The molecule has 1 aliphatic rings. The highest BCUT2D eigenvalue weighted by molar-refractivity contribution is 6.05. The van der Waals surface area contributed by atoms with Crippen LogP contribution in [0.2, 0.25) is 0 Å². The lowest BCUT2D eigenvalue weighted by atomic mass is 9.98. The van der Waals surface area contributed by atoms with Crippen molar-refractivity contribution in [1.82, 2.24) is 19.7 Å². The van der Waals surface area contributed by atoms with E-state index in [-0.39, 0.29) is 5.91 Å². The fourth-order valence-electron chi connectivity index (χ4n) is 4.07. The summed E-state index contributed by atoms with van der Waals surface area (Å²) in [5.41, 5.74) is 3.31. The molecular formula is C26H24N6O3. The Morgan fingerprint density at radius 1 is 1.00 bits per heavy atom. The predicted molar refractivity (Wildman–Crippen MR) is 132 cm³/mol. The zero-order valence-corrected chi connectivity index (χ0v) is 19.5. The van der Waals surface area contributed by atoms with Crippen LogP contribution >= 0.6 is 0 Å². The molecule has 0 aliphatic carbocycles. The van der Waals surface area contributed by atoms with E-state index in [1.807, 2.05) is 67.6 Å². The molecule has 3 heterocycles. The Bertz CT molecular complexity index is 1400. The molecule has 4 aromatic rings. The molecule has 35 heavy (non-hydrogen) atoms. The zero-order valence-electron chi connectivity index (χ0n) is 19.5. The number of anilines is 2. The third-order valence-electron chi connectivity index (χ3n) is 5.74. The van der Waals surface area contributed by atoms with Gasteiger partial charge in [-0.15, -0.1) is 5.10 Å². The number of ether oxygens (including phenoxy) is 2. The van der Waals surface area contributed by atoms with Crippen LogP contribution in [0.4, 0.5) is 11.6 Å². The molecule has 0 saturated carbocycles. The summed E-state index contributed by atoms with van der Waals surface area (Å²) in [6.07, 6.45) is 1.70. The highest BCUT2D eigenvalue weighted by Crippen LogP contribution is 2.37. The first-order valence-electron chi connectivity index (χ1n) is 11.0. The van der Waals surface area contributed by atoms with Crippen molar-refractivity contribution in [1.29, 1.82) is 0 Å². The van der Waals surface area contributed by atoms with Crippen LogP contribution in [-0.4, -0.2) is 39.9 Å². The van der Waals surface area contributed by atoms with Gasteiger partial charge in [-0.2, -0.15) is 4.98 Å². The Morgan fingerprint density at radius 2 is 1.77 bits per heavy atom. The van der Waals surface area contributed by atoms with Crippen molar-refractivity contribution in [2.75, 3.05) is 24.9 Å². The molecule has 1 atom stereocenters. The first-order valence-corrected chi connectivity index (χ1v) is 11.0. The number of fused-ring (bicyclic) bond motifs is 1. The van der Waals surface area contributed by atoms with E-state index in [1.165, 1.54) is 0 Å². The van der Waals surface area contributed by atoms with Gasteiger partial charge in [0.15, 0.2) is 17.3 Å². The van der Waals surface area contributed by atoms with Crippen molar-refractivity contribution >= 4 is 17.5 Å². The van der Waals surface area contributed by atoms with Crippen molar-refractivity contribution < 1.29 is 14.3 Å². The second kappa shape index (κ2) is 9.30. The van der Waals surface area contributed by atoms with Crippen LogP contribution in [0.5, 0.6) is 11.5 Å². The molecule has 2 aromatic carbocycles. The third-order valence-corrected chi connectivity index (χ3v) is 5.74. The van der Waals surface area contributed by atoms with E-state index in [2.05, 4.69) is 15.6 Å². The van der Waals surface area contributed by atoms with Crippen molar-refractivity contribution in [3.05, 3.63) is 89.9 Å². The molecule has 0 saturated heterocycles. The molecule has 0 spiro atoms. The number of para-hydroxylation sites is 1. The summed E-state index contributed by atoms with van der Waals surface area (Å²) in [6.45, 7) is 1.85. The lowest BCUT2D eigenvalue weighted by Crippen LogP contribution is -2.32. The molecule has 0 fully saturated rings. The molecule has 1 unspecified atom stereocenters. The summed E-state index contributed by atoms with van der Waals surface area (Å²) in [5.74, 6) is 1.93. The molecule has 1 amide bonds. The number of methoxy groups -OCH3 is 2. The quantitative estimate of drug-likeness (QED) is 0.435. The number of hydrogen-bond donors (Lipinski definition) is 2. The van der Waals surface area contributed by atoms with Crippen LogP contribution in [0.25, 0.3) is 11.4 Å². The number of rotatable bonds is 6. The Hall–Kier alpha value is -4.66. The van der Waals surface area contributed by atoms with Gasteiger partial charge in [-0.25, -0.2) is 4.68 Å². The van der Waals surface area contributed by atoms with Gasteiger partial charge in [-0.1, -0.05) is 24.3 Å². The van der Waals surface area contributed by atoms with Gasteiger partial charge < -0.3 is 20.1 Å². The van der Waals surface area contributed by atoms with E-state index in [0.717, 1.165) is 5.56 Å². The van der Waals surface area contributed by atoms with Crippen LogP contribution in [0, 0.1) is 0 Å². The average molecular weight is 469 g/mol. The molecule has 9 heteroatoms. The molecule has 2 N–H and O–H groups in total. The van der Waals surface area contributed by atoms with Crippen LogP contribution in [-0.2, 0) is 4.79 Å². The maximum atomic E-state index is 13.5. The molecule has 0 radical (unpaired) electrons. The largest absolute Gasteiger partial charge is 0.493 e. The monoisotopic (exact) mass is 468 g/mol. The molecule has 2 aromatic heterocycles. The fourth-order valence-corrected chi connectivity index (χ4v) is 4.07. The Labute approximate surface area is 202 Å². The lowest BCUT2D eigenvalue weighted by molar-refractivity contribution is -0.113. The normalized spacial score (nSPS) is 14.7. The van der Waals surface area contributed by atoms with E-state index in [0.29, 0.717) is 45.9 Å². The minimum atomic E-state index is -0.572. The van der Waals surface area contributed by atoms with Gasteiger partial charge in [-0.05, 0) is 49.4 Å². The summed E-state index contributed by atoms with van der Waals surface area (Å²) in [6, 6.07) is 19.8. The Balaban J connectivity index is 1.58. The fraction of sp³-hybridized carbons (Fsp3) is 0.154. The molecule has 5 rings (SSSR count). The number of amides is 1. The lowest BCUT2D eigenvalue weighted by Gasteiger charge is -2.28. The minimum absolute atomic E-state index is 0.245. The van der Waals surface area contributed by atoms with Gasteiger partial charge in [-0.3, -0.25) is 9.78 Å². The average Bonchev–Trinajstić information content (AvgIpc) is 3.32. The van der Waals surface area contributed by atoms with Gasteiger partial charge in [0.2, 0.25) is 5.95 Å². The smallest absolute Gasteiger partial charge is 0.255 e. The van der Waals surface area contributed by atoms with Crippen molar-refractivity contribution in [2.45, 2.75) is 13.0 Å².